The molecule has 5 nitrogen and oxygen atoms in total. The number of phenolic OH excluding ortho intramolecular Hbond substituents is 1. The zero-order valence-corrected chi connectivity index (χ0v) is 13.0. The molecule has 118 valence electrons. The van der Waals surface area contributed by atoms with Gasteiger partial charge in [-0.05, 0) is 25.5 Å². The summed E-state index contributed by atoms with van der Waals surface area (Å²) >= 11 is 0. The number of fused-ring (bicyclic) bond motifs is 1. The number of nitrogens with zero attached hydrogens (tertiary/aromatic N) is 1. The van der Waals surface area contributed by atoms with E-state index in [1.54, 1.807) is 12.1 Å². The third kappa shape index (κ3) is 2.62. The lowest BCUT2D eigenvalue weighted by atomic mass is 10.0. The third-order valence-corrected chi connectivity index (χ3v) is 4.27. The van der Waals surface area contributed by atoms with E-state index in [-0.39, 0.29) is 11.2 Å². The Labute approximate surface area is 129 Å². The van der Waals surface area contributed by atoms with Crippen molar-refractivity contribution in [1.29, 1.82) is 0 Å². The topological polar surface area (TPSA) is 62.9 Å². The smallest absolute Gasteiger partial charge is 0.196 e. The average Bonchev–Trinajstić information content (AvgIpc) is 2.52. The molecular weight excluding hydrogens is 282 g/mol. The van der Waals surface area contributed by atoms with Gasteiger partial charge in [-0.2, -0.15) is 0 Å². The minimum absolute atomic E-state index is 0.00415. The van der Waals surface area contributed by atoms with E-state index in [0.717, 1.165) is 13.1 Å². The molecule has 1 aliphatic rings. The molecule has 1 saturated heterocycles. The van der Waals surface area contributed by atoms with Crippen molar-refractivity contribution in [3.8, 4) is 5.75 Å². The average molecular weight is 303 g/mol. The molecule has 1 N–H and O–H groups in total. The van der Waals surface area contributed by atoms with Gasteiger partial charge in [-0.3, -0.25) is 9.69 Å². The summed E-state index contributed by atoms with van der Waals surface area (Å²) < 4.78 is 11.2. The Morgan fingerprint density at radius 2 is 1.95 bits per heavy atom. The summed E-state index contributed by atoms with van der Waals surface area (Å²) in [4.78, 5) is 14.8. The monoisotopic (exact) mass is 303 g/mol. The normalized spacial score (nSPS) is 16.3. The molecule has 1 aliphatic heterocycles. The highest BCUT2D eigenvalue weighted by molar-refractivity contribution is 5.82. The fourth-order valence-electron chi connectivity index (χ4n) is 3.00. The summed E-state index contributed by atoms with van der Waals surface area (Å²) in [5, 5.41) is 10.8. The zero-order chi connectivity index (χ0) is 15.7. The zero-order valence-electron chi connectivity index (χ0n) is 13.0. The quantitative estimate of drug-likeness (QED) is 0.942. The van der Waals surface area contributed by atoms with Crippen molar-refractivity contribution in [3.05, 3.63) is 39.2 Å². The molecule has 1 fully saturated rings. The Balaban J connectivity index is 2.12. The van der Waals surface area contributed by atoms with E-state index in [0.29, 0.717) is 54.0 Å². The molecule has 0 radical (unpaired) electrons. The second-order valence-electron chi connectivity index (χ2n) is 5.65. The molecule has 2 aromatic rings. The van der Waals surface area contributed by atoms with Gasteiger partial charge in [0.2, 0.25) is 0 Å². The van der Waals surface area contributed by atoms with Crippen LogP contribution < -0.4 is 5.43 Å². The van der Waals surface area contributed by atoms with Crippen LogP contribution in [0.1, 0.15) is 23.8 Å². The summed E-state index contributed by atoms with van der Waals surface area (Å²) in [7, 11) is 0. The Bertz CT molecular complexity index is 744. The Morgan fingerprint density at radius 1 is 1.23 bits per heavy atom. The lowest BCUT2D eigenvalue weighted by Gasteiger charge is -2.27. The van der Waals surface area contributed by atoms with Crippen LogP contribution in [0.25, 0.3) is 11.0 Å². The van der Waals surface area contributed by atoms with Crippen molar-refractivity contribution in [2.45, 2.75) is 26.8 Å². The molecule has 3 rings (SSSR count). The Morgan fingerprint density at radius 3 is 2.64 bits per heavy atom. The van der Waals surface area contributed by atoms with E-state index in [9.17, 15) is 9.90 Å². The van der Waals surface area contributed by atoms with Gasteiger partial charge in [-0.15, -0.1) is 0 Å². The number of rotatable bonds is 3. The van der Waals surface area contributed by atoms with Crippen molar-refractivity contribution in [3.63, 3.8) is 0 Å². The Kier molecular flexibility index (Phi) is 4.18. The first-order valence-corrected chi connectivity index (χ1v) is 7.69. The van der Waals surface area contributed by atoms with Gasteiger partial charge in [0.1, 0.15) is 17.1 Å². The van der Waals surface area contributed by atoms with Crippen LogP contribution in [0.2, 0.25) is 0 Å². The summed E-state index contributed by atoms with van der Waals surface area (Å²) in [5.74, 6) is 0.805. The molecule has 0 spiro atoms. The van der Waals surface area contributed by atoms with Crippen LogP contribution in [0.5, 0.6) is 5.75 Å². The van der Waals surface area contributed by atoms with Gasteiger partial charge in [0.05, 0.1) is 24.2 Å². The largest absolute Gasteiger partial charge is 0.507 e. The van der Waals surface area contributed by atoms with E-state index < -0.39 is 0 Å². The van der Waals surface area contributed by atoms with Gasteiger partial charge in [-0.25, -0.2) is 0 Å². The molecular formula is C17H21NO4. The lowest BCUT2D eigenvalue weighted by Crippen LogP contribution is -2.35. The van der Waals surface area contributed by atoms with Gasteiger partial charge in [0.15, 0.2) is 5.43 Å². The SMILES string of the molecule is CCc1c(C)oc2c(CN3CCOCC3)c(O)ccc2c1=O. The van der Waals surface area contributed by atoms with Crippen LogP contribution in [0.3, 0.4) is 0 Å². The summed E-state index contributed by atoms with van der Waals surface area (Å²) in [6.45, 7) is 7.31. The summed E-state index contributed by atoms with van der Waals surface area (Å²) in [6.07, 6.45) is 0.643. The van der Waals surface area contributed by atoms with Gasteiger partial charge in [-0.1, -0.05) is 6.92 Å². The van der Waals surface area contributed by atoms with Gasteiger partial charge in [0, 0.05) is 25.2 Å². The fraction of sp³-hybridized carbons (Fsp3) is 0.471. The molecule has 0 atom stereocenters. The first-order chi connectivity index (χ1) is 10.6. The molecule has 2 heterocycles. The van der Waals surface area contributed by atoms with Gasteiger partial charge < -0.3 is 14.3 Å². The summed E-state index contributed by atoms with van der Waals surface area (Å²) in [5.41, 5.74) is 1.90. The maximum absolute atomic E-state index is 12.6. The maximum Gasteiger partial charge on any atom is 0.196 e. The van der Waals surface area contributed by atoms with Crippen LogP contribution in [0, 0.1) is 6.92 Å². The molecule has 1 aromatic heterocycles. The highest BCUT2D eigenvalue weighted by atomic mass is 16.5. The van der Waals surface area contributed by atoms with Crippen LogP contribution in [0.4, 0.5) is 0 Å². The van der Waals surface area contributed by atoms with Crippen molar-refractivity contribution in [2.24, 2.45) is 0 Å². The van der Waals surface area contributed by atoms with Crippen molar-refractivity contribution < 1.29 is 14.3 Å². The van der Waals surface area contributed by atoms with E-state index >= 15 is 0 Å². The molecule has 22 heavy (non-hydrogen) atoms. The molecule has 0 aliphatic carbocycles. The number of morpholine rings is 1. The van der Waals surface area contributed by atoms with E-state index in [2.05, 4.69) is 4.90 Å². The number of hydrogen-bond acceptors (Lipinski definition) is 5. The van der Waals surface area contributed by atoms with Crippen molar-refractivity contribution in [2.75, 3.05) is 26.3 Å². The predicted octanol–water partition coefficient (Wildman–Crippen LogP) is 2.20. The summed E-state index contributed by atoms with van der Waals surface area (Å²) in [6, 6.07) is 3.24. The van der Waals surface area contributed by atoms with Crippen molar-refractivity contribution in [1.82, 2.24) is 4.90 Å². The van der Waals surface area contributed by atoms with Crippen LogP contribution in [0.15, 0.2) is 21.3 Å². The third-order valence-electron chi connectivity index (χ3n) is 4.27. The van der Waals surface area contributed by atoms with Crippen LogP contribution >= 0.6 is 0 Å². The first kappa shape index (κ1) is 15.1. The fourth-order valence-corrected chi connectivity index (χ4v) is 3.00. The number of ether oxygens (including phenoxy) is 1. The molecule has 0 bridgehead atoms. The second kappa shape index (κ2) is 6.10. The number of phenols is 1. The molecule has 1 aromatic carbocycles. The first-order valence-electron chi connectivity index (χ1n) is 7.69. The number of aromatic hydroxyl groups is 1. The second-order valence-corrected chi connectivity index (χ2v) is 5.65. The highest BCUT2D eigenvalue weighted by Gasteiger charge is 2.19. The van der Waals surface area contributed by atoms with Crippen LogP contribution in [-0.4, -0.2) is 36.3 Å². The number of benzene rings is 1. The predicted molar refractivity (Wildman–Crippen MR) is 84.4 cm³/mol. The minimum Gasteiger partial charge on any atom is -0.507 e. The van der Waals surface area contributed by atoms with E-state index in [4.69, 9.17) is 9.15 Å². The number of aryl methyl sites for hydroxylation is 1. The maximum atomic E-state index is 12.6. The molecule has 5 heteroatoms. The van der Waals surface area contributed by atoms with Crippen molar-refractivity contribution >= 4 is 11.0 Å². The van der Waals surface area contributed by atoms with Gasteiger partial charge in [0.25, 0.3) is 0 Å². The molecule has 0 saturated carbocycles. The van der Waals surface area contributed by atoms with Crippen LogP contribution in [-0.2, 0) is 17.7 Å². The molecule has 0 unspecified atom stereocenters. The minimum atomic E-state index is 0.00415. The molecule has 0 amide bonds. The lowest BCUT2D eigenvalue weighted by molar-refractivity contribution is 0.0339. The number of hydrogen-bond donors (Lipinski definition) is 1. The van der Waals surface area contributed by atoms with Gasteiger partial charge >= 0.3 is 0 Å². The standard InChI is InChI=1S/C17H21NO4/c1-3-12-11(2)22-17-13(16(12)20)4-5-15(19)14(17)10-18-6-8-21-9-7-18/h4-5,19H,3,6-10H2,1-2H3. The highest BCUT2D eigenvalue weighted by Crippen LogP contribution is 2.28. The Hall–Kier alpha value is -1.85. The van der Waals surface area contributed by atoms with E-state index in [1.165, 1.54) is 0 Å². The van der Waals surface area contributed by atoms with E-state index in [1.807, 2.05) is 13.8 Å².